The van der Waals surface area contributed by atoms with Crippen LogP contribution >= 0.6 is 0 Å². The van der Waals surface area contributed by atoms with E-state index >= 15 is 0 Å². The van der Waals surface area contributed by atoms with Crippen LogP contribution in [0.4, 0.5) is 0 Å². The molecule has 0 unspecified atom stereocenters. The van der Waals surface area contributed by atoms with Crippen molar-refractivity contribution >= 4 is 11.9 Å². The molecule has 1 aliphatic heterocycles. The number of carboxylic acids is 1. The Kier molecular flexibility index (Phi) is 6.03. The maximum absolute atomic E-state index is 11.4. The summed E-state index contributed by atoms with van der Waals surface area (Å²) in [5, 5.41) is 11.2. The van der Waals surface area contributed by atoms with Crippen LogP contribution in [-0.4, -0.2) is 56.2 Å². The fourth-order valence-electron chi connectivity index (χ4n) is 1.82. The first kappa shape index (κ1) is 14.9. The van der Waals surface area contributed by atoms with Gasteiger partial charge in [0, 0.05) is 7.11 Å². The largest absolute Gasteiger partial charge is 0.481 e. The van der Waals surface area contributed by atoms with E-state index in [4.69, 9.17) is 19.3 Å². The van der Waals surface area contributed by atoms with Gasteiger partial charge in [-0.1, -0.05) is 0 Å². The topological polar surface area (TPSA) is 94.1 Å². The number of ether oxygens (including phenoxy) is 3. The zero-order valence-corrected chi connectivity index (χ0v) is 10.5. The smallest absolute Gasteiger partial charge is 0.305 e. The molecule has 0 aromatic rings. The minimum Gasteiger partial charge on any atom is -0.481 e. The molecule has 0 aliphatic carbocycles. The first-order chi connectivity index (χ1) is 8.56. The van der Waals surface area contributed by atoms with Crippen LogP contribution in [0.2, 0.25) is 0 Å². The van der Waals surface area contributed by atoms with Crippen LogP contribution < -0.4 is 5.32 Å². The fraction of sp³-hybridized carbons (Fsp3) is 0.818. The highest BCUT2D eigenvalue weighted by Crippen LogP contribution is 2.23. The van der Waals surface area contributed by atoms with Crippen LogP contribution in [0.5, 0.6) is 0 Å². The number of aliphatic carboxylic acids is 1. The molecule has 0 spiro atoms. The van der Waals surface area contributed by atoms with E-state index in [0.717, 1.165) is 0 Å². The van der Waals surface area contributed by atoms with Gasteiger partial charge in [0.15, 0.2) is 0 Å². The first-order valence-electron chi connectivity index (χ1n) is 5.76. The molecular formula is C11H19NO6. The predicted octanol–water partition coefficient (Wildman–Crippen LogP) is -0.399. The van der Waals surface area contributed by atoms with Gasteiger partial charge in [0.05, 0.1) is 37.7 Å². The molecule has 7 nitrogen and oxygen atoms in total. The van der Waals surface area contributed by atoms with Gasteiger partial charge in [-0.05, 0) is 6.92 Å². The summed E-state index contributed by atoms with van der Waals surface area (Å²) in [5.41, 5.74) is 0. The second-order valence-electron chi connectivity index (χ2n) is 4.13. The number of carboxylic acid groups (broad SMARTS) is 1. The summed E-state index contributed by atoms with van der Waals surface area (Å²) in [7, 11) is 1.57. The number of nitrogens with one attached hydrogen (secondary N) is 1. The summed E-state index contributed by atoms with van der Waals surface area (Å²) >= 11 is 0. The molecule has 0 bridgehead atoms. The highest BCUT2D eigenvalue weighted by Gasteiger charge is 2.44. The van der Waals surface area contributed by atoms with Crippen LogP contribution in [0.25, 0.3) is 0 Å². The van der Waals surface area contributed by atoms with Crippen LogP contribution in [-0.2, 0) is 23.8 Å². The Labute approximate surface area is 105 Å². The zero-order valence-electron chi connectivity index (χ0n) is 10.5. The quantitative estimate of drug-likeness (QED) is 0.333. The van der Waals surface area contributed by atoms with Crippen molar-refractivity contribution in [2.24, 2.45) is 5.92 Å². The number of carbonyl (C=O) groups excluding carboxylic acids is 1. The van der Waals surface area contributed by atoms with Crippen molar-refractivity contribution in [3.8, 4) is 0 Å². The highest BCUT2D eigenvalue weighted by atomic mass is 16.7. The molecule has 0 saturated carbocycles. The van der Waals surface area contributed by atoms with E-state index in [9.17, 15) is 9.59 Å². The summed E-state index contributed by atoms with van der Waals surface area (Å²) in [6.07, 6.45) is -0.458. The maximum atomic E-state index is 11.4. The standard InChI is InChI=1S/C11H19NO6/c1-7(18-6-17-4-3-16-2)10-8(5-9(13)14)12-11(10)15/h7-8,10H,3-6H2,1-2H3,(H,12,15)(H,13,14)/t7-,8+,10-/m1/s1. The van der Waals surface area contributed by atoms with Gasteiger partial charge < -0.3 is 24.6 Å². The Bertz CT molecular complexity index is 295. The van der Waals surface area contributed by atoms with Crippen LogP contribution in [0.1, 0.15) is 13.3 Å². The maximum Gasteiger partial charge on any atom is 0.305 e. The van der Waals surface area contributed by atoms with Crippen LogP contribution in [0, 0.1) is 5.92 Å². The molecule has 1 fully saturated rings. The molecule has 0 radical (unpaired) electrons. The van der Waals surface area contributed by atoms with E-state index in [-0.39, 0.29) is 31.3 Å². The lowest BCUT2D eigenvalue weighted by atomic mass is 9.84. The number of hydrogen-bond donors (Lipinski definition) is 2. The number of hydrogen-bond acceptors (Lipinski definition) is 5. The third kappa shape index (κ3) is 4.25. The van der Waals surface area contributed by atoms with Gasteiger partial charge >= 0.3 is 5.97 Å². The minimum atomic E-state index is -0.937. The molecule has 0 aromatic carbocycles. The molecule has 1 heterocycles. The first-order valence-corrected chi connectivity index (χ1v) is 5.76. The van der Waals surface area contributed by atoms with Crippen LogP contribution in [0.15, 0.2) is 0 Å². The van der Waals surface area contributed by atoms with Gasteiger partial charge in [0.2, 0.25) is 5.91 Å². The molecule has 18 heavy (non-hydrogen) atoms. The minimum absolute atomic E-state index is 0.0636. The predicted molar refractivity (Wildman–Crippen MR) is 60.9 cm³/mol. The van der Waals surface area contributed by atoms with E-state index in [0.29, 0.717) is 13.2 Å². The lowest BCUT2D eigenvalue weighted by molar-refractivity contribution is -0.156. The Morgan fingerprint density at radius 1 is 1.50 bits per heavy atom. The third-order valence-corrected chi connectivity index (χ3v) is 2.81. The summed E-state index contributed by atoms with van der Waals surface area (Å²) in [4.78, 5) is 21.9. The molecule has 1 aliphatic rings. The van der Waals surface area contributed by atoms with E-state index in [1.54, 1.807) is 14.0 Å². The molecule has 1 saturated heterocycles. The average molecular weight is 261 g/mol. The van der Waals surface area contributed by atoms with Gasteiger partial charge in [-0.25, -0.2) is 0 Å². The number of carbonyl (C=O) groups is 2. The third-order valence-electron chi connectivity index (χ3n) is 2.81. The Morgan fingerprint density at radius 3 is 2.78 bits per heavy atom. The van der Waals surface area contributed by atoms with Crippen LogP contribution in [0.3, 0.4) is 0 Å². The second kappa shape index (κ2) is 7.30. The fourth-order valence-corrected chi connectivity index (χ4v) is 1.82. The van der Waals surface area contributed by atoms with E-state index in [2.05, 4.69) is 5.32 Å². The molecule has 3 atom stereocenters. The summed E-state index contributed by atoms with van der Waals surface area (Å²) in [6.45, 7) is 2.69. The highest BCUT2D eigenvalue weighted by molar-refractivity contribution is 5.88. The van der Waals surface area contributed by atoms with Gasteiger partial charge in [0.1, 0.15) is 6.79 Å². The number of rotatable bonds is 9. The van der Waals surface area contributed by atoms with Crippen molar-refractivity contribution in [2.75, 3.05) is 27.1 Å². The molecule has 0 aromatic heterocycles. The molecule has 7 heteroatoms. The monoisotopic (exact) mass is 261 g/mol. The molecule has 1 rings (SSSR count). The van der Waals surface area contributed by atoms with Gasteiger partial charge in [-0.2, -0.15) is 0 Å². The van der Waals surface area contributed by atoms with Crippen molar-refractivity contribution in [1.82, 2.24) is 5.32 Å². The Balaban J connectivity index is 2.24. The molecule has 1 amide bonds. The van der Waals surface area contributed by atoms with Crippen molar-refractivity contribution < 1.29 is 28.9 Å². The van der Waals surface area contributed by atoms with Crippen molar-refractivity contribution in [2.45, 2.75) is 25.5 Å². The average Bonchev–Trinajstić information content (AvgIpc) is 2.27. The van der Waals surface area contributed by atoms with E-state index < -0.39 is 11.9 Å². The van der Waals surface area contributed by atoms with Gasteiger partial charge in [-0.3, -0.25) is 9.59 Å². The van der Waals surface area contributed by atoms with Crippen molar-refractivity contribution in [3.05, 3.63) is 0 Å². The molecule has 104 valence electrons. The molecular weight excluding hydrogens is 242 g/mol. The van der Waals surface area contributed by atoms with E-state index in [1.807, 2.05) is 0 Å². The van der Waals surface area contributed by atoms with E-state index in [1.165, 1.54) is 0 Å². The summed E-state index contributed by atoms with van der Waals surface area (Å²) in [6, 6.07) is -0.357. The Morgan fingerprint density at radius 2 is 2.22 bits per heavy atom. The molecule has 2 N–H and O–H groups in total. The number of amides is 1. The van der Waals surface area contributed by atoms with Crippen molar-refractivity contribution in [1.29, 1.82) is 0 Å². The lowest BCUT2D eigenvalue weighted by Crippen LogP contribution is -2.62. The summed E-state index contributed by atoms with van der Waals surface area (Å²) < 4.78 is 15.3. The van der Waals surface area contributed by atoms with Gasteiger partial charge in [-0.15, -0.1) is 0 Å². The van der Waals surface area contributed by atoms with Crippen molar-refractivity contribution in [3.63, 3.8) is 0 Å². The lowest BCUT2D eigenvalue weighted by Gasteiger charge is -2.39. The number of β-lactam (4-membered cyclic amide) rings is 1. The normalized spacial score (nSPS) is 24.2. The zero-order chi connectivity index (χ0) is 13.5. The number of methoxy groups -OCH3 is 1. The Hall–Kier alpha value is -1.18. The van der Waals surface area contributed by atoms with Gasteiger partial charge in [0.25, 0.3) is 0 Å². The second-order valence-corrected chi connectivity index (χ2v) is 4.13. The SMILES string of the molecule is COCCOCO[C@H](C)[C@H]1C(=O)N[C@H]1CC(=O)O. The summed E-state index contributed by atoms with van der Waals surface area (Å²) in [5.74, 6) is -1.54.